The fourth-order valence-corrected chi connectivity index (χ4v) is 11.0. The topological polar surface area (TPSA) is 231 Å². The van der Waals surface area contributed by atoms with Gasteiger partial charge in [0.1, 0.15) is 25.4 Å². The van der Waals surface area contributed by atoms with Crippen LogP contribution >= 0.6 is 15.6 Å². The van der Waals surface area contributed by atoms with Crippen LogP contribution in [0.5, 0.6) is 0 Å². The first kappa shape index (κ1) is 92.4. The van der Waals surface area contributed by atoms with Crippen molar-refractivity contribution < 1.29 is 75.8 Å². The minimum atomic E-state index is -4.94. The molecule has 0 saturated heterocycles. The van der Waals surface area contributed by atoms with E-state index < -0.39 is 91.5 Å². The summed E-state index contributed by atoms with van der Waals surface area (Å²) in [6.45, 7) is 2.37. The Morgan fingerprint density at radius 3 is 0.866 bits per heavy atom. The molecule has 0 aromatic rings. The van der Waals surface area contributed by atoms with Crippen LogP contribution < -0.4 is 0 Å². The second-order valence-corrected chi connectivity index (χ2v) is 27.2. The van der Waals surface area contributed by atoms with Gasteiger partial charge in [0.2, 0.25) is 0 Å². The Balaban J connectivity index is 4.60. The normalized spacial score (nSPS) is 14.9. The van der Waals surface area contributed by atoms with Crippen LogP contribution in [0, 0.1) is 0 Å². The molecule has 0 heterocycles. The molecular weight excluding hydrogens is 1270 g/mol. The van der Waals surface area contributed by atoms with Gasteiger partial charge in [-0.05, 0) is 141 Å². The molecule has 0 fully saturated rings. The molecule has 0 spiro atoms. The van der Waals surface area contributed by atoms with Gasteiger partial charge >= 0.3 is 33.6 Å². The van der Waals surface area contributed by atoms with Crippen LogP contribution in [-0.4, -0.2) is 95.9 Å². The van der Waals surface area contributed by atoms with Gasteiger partial charge in [0, 0.05) is 19.3 Å². The number of phosphoric ester groups is 2. The zero-order valence-electron chi connectivity index (χ0n) is 60.2. The van der Waals surface area contributed by atoms with E-state index in [1.165, 1.54) is 38.5 Å². The molecule has 0 amide bonds. The minimum Gasteiger partial charge on any atom is -0.463 e. The lowest BCUT2D eigenvalue weighted by Crippen LogP contribution is -2.30. The summed E-state index contributed by atoms with van der Waals surface area (Å²) in [7, 11) is -9.80. The highest BCUT2D eigenvalue weighted by Gasteiger charge is 2.29. The zero-order valence-corrected chi connectivity index (χ0v) is 62.0. The minimum absolute atomic E-state index is 0.0782. The van der Waals surface area contributed by atoms with Crippen molar-refractivity contribution in [2.45, 2.75) is 296 Å². The summed E-state index contributed by atoms with van der Waals surface area (Å²) >= 11 is 0. The lowest BCUT2D eigenvalue weighted by molar-refractivity contribution is -0.161. The summed E-state index contributed by atoms with van der Waals surface area (Å²) in [6, 6.07) is 0. The number of aliphatic hydroxyl groups excluding tert-OH is 2. The summed E-state index contributed by atoms with van der Waals surface area (Å²) in [5.74, 6) is -1.62. The number of hydrogen-bond acceptors (Lipinski definition) is 14. The lowest BCUT2D eigenvalue weighted by Gasteiger charge is -2.21. The predicted molar refractivity (Wildman–Crippen MR) is 399 cm³/mol. The second kappa shape index (κ2) is 71.3. The third-order valence-electron chi connectivity index (χ3n) is 15.0. The number of allylic oxidation sites excluding steroid dienone is 24. The van der Waals surface area contributed by atoms with Crippen LogP contribution in [0.15, 0.2) is 146 Å². The van der Waals surface area contributed by atoms with Gasteiger partial charge in [-0.2, -0.15) is 0 Å². The highest BCUT2D eigenvalue weighted by molar-refractivity contribution is 7.47. The number of carbonyl (C=O) groups excluding carboxylic acids is 3. The molecule has 0 aromatic heterocycles. The smallest absolute Gasteiger partial charge is 0.463 e. The van der Waals surface area contributed by atoms with Gasteiger partial charge in [0.05, 0.1) is 26.4 Å². The molecule has 18 heteroatoms. The first-order valence-corrected chi connectivity index (χ1v) is 40.1. The van der Waals surface area contributed by atoms with E-state index in [-0.39, 0.29) is 19.3 Å². The summed E-state index contributed by atoms with van der Waals surface area (Å²) in [5, 5.41) is 20.6. The number of aliphatic hydroxyl groups is 2. The maximum atomic E-state index is 12.9. The third kappa shape index (κ3) is 72.5. The second-order valence-electron chi connectivity index (χ2n) is 24.3. The fraction of sp³-hybridized carbons (Fsp3) is 0.658. The molecule has 5 atom stereocenters. The maximum Gasteiger partial charge on any atom is 0.472 e. The van der Waals surface area contributed by atoms with Crippen molar-refractivity contribution in [2.75, 3.05) is 39.6 Å². The van der Waals surface area contributed by atoms with Crippen LogP contribution in [0.4, 0.5) is 0 Å². The van der Waals surface area contributed by atoms with E-state index in [9.17, 15) is 43.5 Å². The van der Waals surface area contributed by atoms with Crippen molar-refractivity contribution in [1.29, 1.82) is 0 Å². The summed E-state index contributed by atoms with van der Waals surface area (Å²) in [6.07, 6.45) is 86.0. The van der Waals surface area contributed by atoms with Crippen LogP contribution in [0.25, 0.3) is 0 Å². The van der Waals surface area contributed by atoms with E-state index in [1.54, 1.807) is 0 Å². The number of esters is 3. The van der Waals surface area contributed by atoms with Crippen molar-refractivity contribution in [3.8, 4) is 0 Å². The molecule has 97 heavy (non-hydrogen) atoms. The van der Waals surface area contributed by atoms with Crippen molar-refractivity contribution in [2.24, 2.45) is 0 Å². The molecule has 0 aliphatic heterocycles. The van der Waals surface area contributed by atoms with Crippen LogP contribution in [0.1, 0.15) is 278 Å². The first-order valence-electron chi connectivity index (χ1n) is 37.1. The van der Waals surface area contributed by atoms with E-state index in [2.05, 4.69) is 167 Å². The number of carbonyl (C=O) groups is 3. The highest BCUT2D eigenvalue weighted by atomic mass is 31.2. The van der Waals surface area contributed by atoms with Gasteiger partial charge in [-0.15, -0.1) is 0 Å². The Bertz CT molecular complexity index is 2350. The number of unbranched alkanes of at least 4 members (excludes halogenated alkanes) is 22. The summed E-state index contributed by atoms with van der Waals surface area (Å²) in [4.78, 5) is 58.5. The molecule has 554 valence electrons. The number of rotatable bonds is 69. The Hall–Kier alpha value is -4.57. The molecule has 0 rings (SSSR count). The summed E-state index contributed by atoms with van der Waals surface area (Å²) in [5.41, 5.74) is 0. The first-order chi connectivity index (χ1) is 47.2. The molecule has 0 aliphatic rings. The van der Waals surface area contributed by atoms with Crippen molar-refractivity contribution in [1.82, 2.24) is 0 Å². The quantitative estimate of drug-likeness (QED) is 0.0146. The van der Waals surface area contributed by atoms with E-state index in [1.807, 2.05) is 0 Å². The van der Waals surface area contributed by atoms with E-state index in [4.69, 9.17) is 32.3 Å². The van der Waals surface area contributed by atoms with Crippen molar-refractivity contribution in [3.63, 3.8) is 0 Å². The van der Waals surface area contributed by atoms with Crippen molar-refractivity contribution in [3.05, 3.63) is 146 Å². The summed E-state index contributed by atoms with van der Waals surface area (Å²) < 4.78 is 61.0. The highest BCUT2D eigenvalue weighted by Crippen LogP contribution is 2.45. The van der Waals surface area contributed by atoms with E-state index in [0.29, 0.717) is 19.3 Å². The van der Waals surface area contributed by atoms with Crippen LogP contribution in [0.2, 0.25) is 0 Å². The Morgan fingerprint density at radius 1 is 0.299 bits per heavy atom. The molecule has 16 nitrogen and oxygen atoms in total. The van der Waals surface area contributed by atoms with Gasteiger partial charge < -0.3 is 34.2 Å². The Kier molecular flexibility index (Phi) is 67.9. The fourth-order valence-electron chi connectivity index (χ4n) is 9.42. The molecule has 0 saturated carbocycles. The molecule has 4 N–H and O–H groups in total. The molecule has 0 radical (unpaired) electrons. The van der Waals surface area contributed by atoms with Crippen molar-refractivity contribution >= 4 is 33.6 Å². The monoisotopic (exact) mass is 1400 g/mol. The molecule has 0 aliphatic carbocycles. The van der Waals surface area contributed by atoms with E-state index in [0.717, 1.165) is 180 Å². The van der Waals surface area contributed by atoms with Gasteiger partial charge in [-0.1, -0.05) is 263 Å². The van der Waals surface area contributed by atoms with Crippen LogP contribution in [-0.2, 0) is 55.8 Å². The number of hydrogen-bond donors (Lipinski definition) is 4. The van der Waals surface area contributed by atoms with Gasteiger partial charge in [-0.3, -0.25) is 32.5 Å². The van der Waals surface area contributed by atoms with Gasteiger partial charge in [-0.25, -0.2) is 9.13 Å². The Labute approximate surface area is 587 Å². The molecule has 0 bridgehead atoms. The SMILES string of the molecule is CC/C=C\C/C=C\C/C=C\C/C=C\C/C=C\C/C=C\CCCCCCCCCCC(=O)OCC(O)COP(=O)(O)OCC(O)COP(=O)(O)OCC(COC(=O)CCCCCCCC/C=C\C/C=C\C/C=C\CCCCC)OC(=O)CCCCCCC/C=C\C/C=C\C/C=C\CC. The largest absolute Gasteiger partial charge is 0.472 e. The third-order valence-corrected chi connectivity index (χ3v) is 16.9. The van der Waals surface area contributed by atoms with E-state index >= 15 is 0 Å². The van der Waals surface area contributed by atoms with Gasteiger partial charge in [0.25, 0.3) is 0 Å². The zero-order chi connectivity index (χ0) is 70.9. The van der Waals surface area contributed by atoms with Crippen LogP contribution in [0.3, 0.4) is 0 Å². The van der Waals surface area contributed by atoms with Gasteiger partial charge in [0.15, 0.2) is 6.10 Å². The molecule has 5 unspecified atom stereocenters. The average Bonchev–Trinajstić information content (AvgIpc) is 1.86. The lowest BCUT2D eigenvalue weighted by atomic mass is 10.1. The Morgan fingerprint density at radius 2 is 0.546 bits per heavy atom. The standard InChI is InChI=1S/C79H132O16P2/c1-4-7-10-13-16-19-22-25-28-30-32-33-34-35-36-37-38-39-41-43-45-47-50-53-56-59-62-65-77(82)89-68-74(80)69-91-96(85,86)92-70-75(81)71-93-97(87,88)94-73-76(95-79(84)67-64-61-58-55-52-49-44-27-24-21-18-15-12-9-6-3)72-90-78(83)66-63-60-57-54-51-48-46-42-40-31-29-26-23-20-17-14-11-8-5-2/h7,9-10,12,16-21,25-29,32-33,35-36,38-40,42,44,74-76,80-81H,4-6,8,11,13-15,22-24,30-31,34,37,41,43,45-73H2,1-3H3,(H,85,86)(H,87,88)/b10-7-,12-9-,19-16-,20-17-,21-18-,28-25-,29-26-,33-32-,36-35-,39-38-,42-40-,44-27-. The average molecular weight is 1400 g/mol. The molecule has 0 aromatic carbocycles. The number of phosphoric acid groups is 2. The maximum absolute atomic E-state index is 12.9. The number of ether oxygens (including phenoxy) is 3. The molecular formula is C79H132O16P2. The predicted octanol–water partition coefficient (Wildman–Crippen LogP) is 21.3.